The van der Waals surface area contributed by atoms with Crippen LogP contribution in [0.25, 0.3) is 0 Å². The van der Waals surface area contributed by atoms with E-state index in [1.165, 1.54) is 24.6 Å². The van der Waals surface area contributed by atoms with Crippen LogP contribution in [0.4, 0.5) is 11.4 Å². The van der Waals surface area contributed by atoms with Gasteiger partial charge in [-0.25, -0.2) is 4.79 Å². The lowest BCUT2D eigenvalue weighted by Gasteiger charge is -2.24. The fourth-order valence-electron chi connectivity index (χ4n) is 3.63. The second kappa shape index (κ2) is 4.77. The highest BCUT2D eigenvalue weighted by atomic mass is 16.6. The Kier molecular flexibility index (Phi) is 3.08. The summed E-state index contributed by atoms with van der Waals surface area (Å²) in [5, 5.41) is 23.5. The second-order valence-corrected chi connectivity index (χ2v) is 5.69. The Balaban J connectivity index is 1.94. The Bertz CT molecular complexity index is 540. The van der Waals surface area contributed by atoms with Crippen molar-refractivity contribution in [1.29, 1.82) is 0 Å². The Morgan fingerprint density at radius 3 is 2.70 bits per heavy atom. The van der Waals surface area contributed by atoms with Crippen LogP contribution >= 0.6 is 0 Å². The Labute approximate surface area is 115 Å². The first kappa shape index (κ1) is 12.9. The van der Waals surface area contributed by atoms with Gasteiger partial charge >= 0.3 is 5.97 Å². The summed E-state index contributed by atoms with van der Waals surface area (Å²) >= 11 is 0. The molecule has 20 heavy (non-hydrogen) atoms. The molecule has 0 aliphatic heterocycles. The van der Waals surface area contributed by atoms with Crippen LogP contribution in [0.15, 0.2) is 18.2 Å². The molecular formula is C14H16N2O4. The highest BCUT2D eigenvalue weighted by Crippen LogP contribution is 2.46. The van der Waals surface area contributed by atoms with Crippen molar-refractivity contribution in [3.05, 3.63) is 33.9 Å². The van der Waals surface area contributed by atoms with Crippen LogP contribution in [0.1, 0.15) is 36.0 Å². The van der Waals surface area contributed by atoms with Crippen LogP contribution in [0.5, 0.6) is 0 Å². The second-order valence-electron chi connectivity index (χ2n) is 5.69. The van der Waals surface area contributed by atoms with E-state index in [2.05, 4.69) is 5.32 Å². The Morgan fingerprint density at radius 1 is 1.35 bits per heavy atom. The van der Waals surface area contributed by atoms with Gasteiger partial charge in [-0.15, -0.1) is 0 Å². The number of nitro benzene ring substituents is 1. The summed E-state index contributed by atoms with van der Waals surface area (Å²) in [6.07, 6.45) is 4.49. The van der Waals surface area contributed by atoms with Crippen molar-refractivity contribution in [2.24, 2.45) is 11.8 Å². The molecule has 0 spiro atoms. The van der Waals surface area contributed by atoms with E-state index in [1.54, 1.807) is 0 Å². The van der Waals surface area contributed by atoms with Gasteiger partial charge in [0.1, 0.15) is 5.69 Å². The minimum atomic E-state index is -1.14. The van der Waals surface area contributed by atoms with Crippen molar-refractivity contribution >= 4 is 17.3 Å². The number of hydrogen-bond acceptors (Lipinski definition) is 4. The smallest absolute Gasteiger partial charge is 0.338 e. The van der Waals surface area contributed by atoms with E-state index in [0.29, 0.717) is 11.8 Å². The van der Waals surface area contributed by atoms with Gasteiger partial charge in [-0.3, -0.25) is 10.1 Å². The number of benzene rings is 1. The summed E-state index contributed by atoms with van der Waals surface area (Å²) in [7, 11) is 0. The van der Waals surface area contributed by atoms with Crippen molar-refractivity contribution in [1.82, 2.24) is 0 Å². The maximum Gasteiger partial charge on any atom is 0.338 e. The zero-order valence-corrected chi connectivity index (χ0v) is 10.9. The van der Waals surface area contributed by atoms with E-state index < -0.39 is 10.9 Å². The standard InChI is InChI=1S/C14H16N2O4/c17-14(18)10-2-1-3-12(16(19)20)13(10)15-11-7-8-4-5-9(11)6-8/h1-3,8-9,11,15H,4-7H2,(H,17,18). The Morgan fingerprint density at radius 2 is 2.15 bits per heavy atom. The molecule has 6 heteroatoms. The number of fused-ring (bicyclic) bond motifs is 2. The topological polar surface area (TPSA) is 92.5 Å². The number of aromatic carboxylic acids is 1. The highest BCUT2D eigenvalue weighted by molar-refractivity contribution is 5.96. The van der Waals surface area contributed by atoms with Crippen LogP contribution in [-0.2, 0) is 0 Å². The van der Waals surface area contributed by atoms with Crippen LogP contribution in [-0.4, -0.2) is 22.0 Å². The van der Waals surface area contributed by atoms with E-state index in [0.717, 1.165) is 19.3 Å². The van der Waals surface area contributed by atoms with Crippen LogP contribution < -0.4 is 5.32 Å². The van der Waals surface area contributed by atoms with Gasteiger partial charge in [0.2, 0.25) is 0 Å². The average Bonchev–Trinajstić information content (AvgIpc) is 3.00. The largest absolute Gasteiger partial charge is 0.478 e. The summed E-state index contributed by atoms with van der Waals surface area (Å²) in [4.78, 5) is 21.8. The first-order valence-electron chi connectivity index (χ1n) is 6.83. The summed E-state index contributed by atoms with van der Waals surface area (Å²) in [6, 6.07) is 4.33. The molecule has 2 N–H and O–H groups in total. The number of carboxylic acids is 1. The first-order chi connectivity index (χ1) is 9.56. The molecule has 2 bridgehead atoms. The predicted octanol–water partition coefficient (Wildman–Crippen LogP) is 2.89. The van der Waals surface area contributed by atoms with Gasteiger partial charge in [-0.2, -0.15) is 0 Å². The van der Waals surface area contributed by atoms with E-state index in [1.807, 2.05) is 0 Å². The average molecular weight is 276 g/mol. The van der Waals surface area contributed by atoms with Gasteiger partial charge in [0.15, 0.2) is 0 Å². The third kappa shape index (κ3) is 2.11. The van der Waals surface area contributed by atoms with Crippen LogP contribution in [0, 0.1) is 22.0 Å². The molecule has 6 nitrogen and oxygen atoms in total. The molecule has 0 amide bonds. The fraction of sp³-hybridized carbons (Fsp3) is 0.500. The molecule has 2 aliphatic rings. The van der Waals surface area contributed by atoms with Crippen molar-refractivity contribution in [2.45, 2.75) is 31.7 Å². The number of carboxylic acid groups (broad SMARTS) is 1. The molecule has 2 saturated carbocycles. The summed E-state index contributed by atoms with van der Waals surface area (Å²) in [5.74, 6) is 0.0642. The number of rotatable bonds is 4. The molecular weight excluding hydrogens is 260 g/mol. The molecule has 0 heterocycles. The molecule has 3 atom stereocenters. The SMILES string of the molecule is O=C(O)c1cccc([N+](=O)[O-])c1NC1CC2CCC1C2. The number of nitrogens with one attached hydrogen (secondary N) is 1. The number of para-hydroxylation sites is 1. The molecule has 1 aromatic rings. The zero-order chi connectivity index (χ0) is 14.3. The van der Waals surface area contributed by atoms with E-state index >= 15 is 0 Å². The van der Waals surface area contributed by atoms with Crippen LogP contribution in [0.3, 0.4) is 0 Å². The van der Waals surface area contributed by atoms with Gasteiger partial charge in [0.05, 0.1) is 10.5 Å². The predicted molar refractivity (Wildman–Crippen MR) is 72.9 cm³/mol. The van der Waals surface area contributed by atoms with Crippen molar-refractivity contribution in [2.75, 3.05) is 5.32 Å². The molecule has 3 unspecified atom stereocenters. The number of nitrogens with zero attached hydrogens (tertiary/aromatic N) is 1. The van der Waals surface area contributed by atoms with Gasteiger partial charge < -0.3 is 10.4 Å². The van der Waals surface area contributed by atoms with Crippen LogP contribution in [0.2, 0.25) is 0 Å². The molecule has 1 aromatic carbocycles. The van der Waals surface area contributed by atoms with Crippen molar-refractivity contribution < 1.29 is 14.8 Å². The van der Waals surface area contributed by atoms with Crippen molar-refractivity contribution in [3.63, 3.8) is 0 Å². The molecule has 0 aromatic heterocycles. The van der Waals surface area contributed by atoms with Gasteiger partial charge in [0.25, 0.3) is 5.69 Å². The molecule has 106 valence electrons. The normalized spacial score (nSPS) is 27.5. The van der Waals surface area contributed by atoms with Crippen molar-refractivity contribution in [3.8, 4) is 0 Å². The minimum Gasteiger partial charge on any atom is -0.478 e. The summed E-state index contributed by atoms with van der Waals surface area (Å²) in [6.45, 7) is 0. The summed E-state index contributed by atoms with van der Waals surface area (Å²) in [5.41, 5.74) is -0.0304. The third-order valence-electron chi connectivity index (χ3n) is 4.54. The lowest BCUT2D eigenvalue weighted by Crippen LogP contribution is -2.27. The first-order valence-corrected chi connectivity index (χ1v) is 6.83. The highest BCUT2D eigenvalue weighted by Gasteiger charge is 2.40. The number of hydrogen-bond donors (Lipinski definition) is 2. The van der Waals surface area contributed by atoms with Gasteiger partial charge in [-0.1, -0.05) is 12.5 Å². The monoisotopic (exact) mass is 276 g/mol. The molecule has 2 fully saturated rings. The third-order valence-corrected chi connectivity index (χ3v) is 4.54. The number of nitro groups is 1. The fourth-order valence-corrected chi connectivity index (χ4v) is 3.63. The minimum absolute atomic E-state index is 0.0260. The van der Waals surface area contributed by atoms with E-state index in [4.69, 9.17) is 0 Å². The molecule has 0 radical (unpaired) electrons. The maximum atomic E-state index is 11.3. The van der Waals surface area contributed by atoms with E-state index in [9.17, 15) is 20.0 Å². The van der Waals surface area contributed by atoms with Gasteiger partial charge in [-0.05, 0) is 37.2 Å². The molecule has 0 saturated heterocycles. The number of carbonyl (C=O) groups is 1. The van der Waals surface area contributed by atoms with E-state index in [-0.39, 0.29) is 23.0 Å². The lowest BCUT2D eigenvalue weighted by molar-refractivity contribution is -0.384. The zero-order valence-electron chi connectivity index (χ0n) is 10.9. The Hall–Kier alpha value is -2.11. The quantitative estimate of drug-likeness (QED) is 0.651. The lowest BCUT2D eigenvalue weighted by atomic mass is 9.94. The maximum absolute atomic E-state index is 11.3. The summed E-state index contributed by atoms with van der Waals surface area (Å²) < 4.78 is 0. The number of anilines is 1. The molecule has 3 rings (SSSR count). The van der Waals surface area contributed by atoms with Gasteiger partial charge in [0, 0.05) is 12.1 Å². The molecule has 2 aliphatic carbocycles.